The summed E-state index contributed by atoms with van der Waals surface area (Å²) in [5.74, 6) is 2.81. The van der Waals surface area contributed by atoms with Crippen LogP contribution in [0.3, 0.4) is 0 Å². The number of phenolic OH excluding ortho intramolecular Hbond substituents is 1. The average Bonchev–Trinajstić information content (AvgIpc) is 3.71. The van der Waals surface area contributed by atoms with Gasteiger partial charge in [0.05, 0.1) is 23.9 Å². The number of ketones is 2. The molecule has 1 N–H and O–H groups in total. The van der Waals surface area contributed by atoms with Crippen molar-refractivity contribution < 1.29 is 33.7 Å². The summed E-state index contributed by atoms with van der Waals surface area (Å²) in [5.41, 5.74) is 3.67. The largest absolute Gasteiger partial charge is 0.508 e. The zero-order valence-electron chi connectivity index (χ0n) is 31.2. The van der Waals surface area contributed by atoms with Gasteiger partial charge in [0.1, 0.15) is 42.0 Å². The van der Waals surface area contributed by atoms with Crippen molar-refractivity contribution in [2.45, 2.75) is 51.7 Å². The molecular weight excluding hydrogens is 715 g/mol. The van der Waals surface area contributed by atoms with Crippen LogP contribution in [0.2, 0.25) is 0 Å². The minimum Gasteiger partial charge on any atom is -0.508 e. The first kappa shape index (κ1) is 36.7. The predicted octanol–water partition coefficient (Wildman–Crippen LogP) is 7.49. The minimum absolute atomic E-state index is 0.0485. The van der Waals surface area contributed by atoms with Crippen LogP contribution in [0.4, 0.5) is 0 Å². The van der Waals surface area contributed by atoms with Gasteiger partial charge in [-0.3, -0.25) is 24.2 Å². The molecule has 1 saturated carbocycles. The Hall–Kier alpha value is -5.23. The van der Waals surface area contributed by atoms with Gasteiger partial charge in [-0.2, -0.15) is 0 Å². The van der Waals surface area contributed by atoms with Gasteiger partial charge in [0, 0.05) is 66.4 Å². The van der Waals surface area contributed by atoms with Crippen molar-refractivity contribution >= 4 is 38.9 Å². The number of piperazine rings is 1. The lowest BCUT2D eigenvalue weighted by atomic mass is 9.92. The van der Waals surface area contributed by atoms with Gasteiger partial charge in [-0.1, -0.05) is 35.9 Å². The summed E-state index contributed by atoms with van der Waals surface area (Å²) in [7, 11) is 0. The molecule has 1 saturated heterocycles. The van der Waals surface area contributed by atoms with E-state index in [2.05, 4.69) is 47.9 Å². The molecule has 1 aromatic heterocycles. The summed E-state index contributed by atoms with van der Waals surface area (Å²) in [4.78, 5) is 44.9. The number of amides is 1. The molecule has 1 unspecified atom stereocenters. The fourth-order valence-electron chi connectivity index (χ4n) is 7.72. The Morgan fingerprint density at radius 3 is 2.42 bits per heavy atom. The summed E-state index contributed by atoms with van der Waals surface area (Å²) in [5, 5.41) is 11.1. The van der Waals surface area contributed by atoms with E-state index in [1.54, 1.807) is 34.4 Å². The molecule has 3 heterocycles. The fourth-order valence-corrected chi connectivity index (χ4v) is 8.88. The SMILES string of the molecule is Cc1ccc(-c2sc3cc(O)ccc3c2Oc2ccc(OC[C@H](C)N3CCN(CCOc4cccc5c4CN(C4CCC(=O)CC4=O)C5=O)CC3)cc2)cc1. The predicted molar refractivity (Wildman–Crippen MR) is 213 cm³/mol. The van der Waals surface area contributed by atoms with Crippen LogP contribution in [0.5, 0.6) is 28.7 Å². The van der Waals surface area contributed by atoms with Crippen molar-refractivity contribution in [3.8, 4) is 39.2 Å². The molecule has 0 spiro atoms. The van der Waals surface area contributed by atoms with Crippen LogP contribution in [-0.4, -0.2) is 95.3 Å². The molecule has 2 atom stereocenters. The van der Waals surface area contributed by atoms with Gasteiger partial charge in [0.15, 0.2) is 11.5 Å². The zero-order valence-corrected chi connectivity index (χ0v) is 32.0. The molecule has 1 amide bonds. The van der Waals surface area contributed by atoms with Crippen LogP contribution in [0.15, 0.2) is 84.9 Å². The number of benzene rings is 4. The first-order valence-corrected chi connectivity index (χ1v) is 19.8. The maximum Gasteiger partial charge on any atom is 0.255 e. The van der Waals surface area contributed by atoms with Crippen molar-refractivity contribution in [3.63, 3.8) is 0 Å². The van der Waals surface area contributed by atoms with Crippen molar-refractivity contribution in [3.05, 3.63) is 102 Å². The number of hydrogen-bond acceptors (Lipinski definition) is 10. The standard InChI is InChI=1S/C44H45N3O7S/c1-28-6-8-30(9-7-28)43-42(36-16-10-32(49)25-41(36)55-43)54-34-14-12-33(13-15-34)53-27-29(2)46-20-18-45(19-21-46)22-23-52-40-5-3-4-35-37(40)26-47(44(35)51)38-17-11-31(48)24-39(38)50/h3-10,12-16,25,29,38,49H,11,17-24,26-27H2,1-2H3/t29-,38?/m0/s1. The number of fused-ring (bicyclic) bond motifs is 2. The molecule has 4 aromatic carbocycles. The fraction of sp³-hybridized carbons (Fsp3) is 0.341. The van der Waals surface area contributed by atoms with Crippen molar-refractivity contribution in [2.75, 3.05) is 45.9 Å². The van der Waals surface area contributed by atoms with Crippen molar-refractivity contribution in [2.24, 2.45) is 0 Å². The molecule has 2 fully saturated rings. The summed E-state index contributed by atoms with van der Waals surface area (Å²) < 4.78 is 19.9. The normalized spacial score (nSPS) is 18.5. The van der Waals surface area contributed by atoms with Gasteiger partial charge in [0.2, 0.25) is 0 Å². The Kier molecular flexibility index (Phi) is 10.6. The lowest BCUT2D eigenvalue weighted by Crippen LogP contribution is -2.51. The third-order valence-corrected chi connectivity index (χ3v) is 12.1. The molecule has 284 valence electrons. The number of carbonyl (C=O) groups is 3. The molecule has 0 bridgehead atoms. The van der Waals surface area contributed by atoms with E-state index in [0.29, 0.717) is 49.7 Å². The van der Waals surface area contributed by atoms with Crippen LogP contribution in [0.1, 0.15) is 47.7 Å². The summed E-state index contributed by atoms with van der Waals surface area (Å²) in [6.45, 7) is 10.1. The van der Waals surface area contributed by atoms with E-state index < -0.39 is 6.04 Å². The van der Waals surface area contributed by atoms with E-state index in [1.807, 2.05) is 42.5 Å². The summed E-state index contributed by atoms with van der Waals surface area (Å²) in [6, 6.07) is 26.7. The number of hydrogen-bond donors (Lipinski definition) is 1. The second kappa shape index (κ2) is 15.9. The number of aromatic hydroxyl groups is 1. The number of rotatable bonds is 12. The van der Waals surface area contributed by atoms with Gasteiger partial charge in [-0.15, -0.1) is 11.3 Å². The highest BCUT2D eigenvalue weighted by Gasteiger charge is 2.40. The molecule has 10 nitrogen and oxygen atoms in total. The van der Waals surface area contributed by atoms with Crippen LogP contribution in [0, 0.1) is 6.92 Å². The Morgan fingerprint density at radius 2 is 1.65 bits per heavy atom. The van der Waals surface area contributed by atoms with E-state index in [4.69, 9.17) is 14.2 Å². The quantitative estimate of drug-likeness (QED) is 0.130. The van der Waals surface area contributed by atoms with Gasteiger partial charge in [-0.25, -0.2) is 0 Å². The Labute approximate surface area is 324 Å². The lowest BCUT2D eigenvalue weighted by molar-refractivity contribution is -0.133. The molecule has 5 aromatic rings. The van der Waals surface area contributed by atoms with E-state index in [0.717, 1.165) is 70.3 Å². The topological polar surface area (TPSA) is 109 Å². The van der Waals surface area contributed by atoms with Gasteiger partial charge < -0.3 is 24.2 Å². The minimum atomic E-state index is -0.538. The first-order chi connectivity index (χ1) is 26.7. The lowest BCUT2D eigenvalue weighted by Gasteiger charge is -2.37. The van der Waals surface area contributed by atoms with Gasteiger partial charge >= 0.3 is 0 Å². The zero-order chi connectivity index (χ0) is 38.1. The first-order valence-electron chi connectivity index (χ1n) is 19.0. The van der Waals surface area contributed by atoms with Crippen LogP contribution >= 0.6 is 11.3 Å². The molecule has 55 heavy (non-hydrogen) atoms. The Balaban J connectivity index is 0.800. The van der Waals surface area contributed by atoms with Crippen molar-refractivity contribution in [1.29, 1.82) is 0 Å². The third-order valence-electron chi connectivity index (χ3n) is 10.9. The summed E-state index contributed by atoms with van der Waals surface area (Å²) >= 11 is 1.60. The highest BCUT2D eigenvalue weighted by atomic mass is 32.1. The maximum absolute atomic E-state index is 13.2. The second-order valence-corrected chi connectivity index (χ2v) is 15.8. The maximum atomic E-state index is 13.2. The molecule has 1 aliphatic carbocycles. The van der Waals surface area contributed by atoms with E-state index in [9.17, 15) is 19.5 Å². The van der Waals surface area contributed by atoms with Gasteiger partial charge in [0.25, 0.3) is 5.91 Å². The number of thiophene rings is 1. The van der Waals surface area contributed by atoms with Crippen molar-refractivity contribution in [1.82, 2.24) is 14.7 Å². The number of ether oxygens (including phenoxy) is 3. The van der Waals surface area contributed by atoms with Crippen LogP contribution in [0.25, 0.3) is 20.5 Å². The molecular formula is C44H45N3O7S. The number of aryl methyl sites for hydroxylation is 1. The number of nitrogens with zero attached hydrogens (tertiary/aromatic N) is 3. The van der Waals surface area contributed by atoms with E-state index in [-0.39, 0.29) is 35.7 Å². The molecule has 11 heteroatoms. The smallest absolute Gasteiger partial charge is 0.255 e. The van der Waals surface area contributed by atoms with Crippen LogP contribution in [-0.2, 0) is 16.1 Å². The molecule has 8 rings (SSSR count). The Bertz CT molecular complexity index is 2210. The number of carbonyl (C=O) groups excluding carboxylic acids is 3. The highest BCUT2D eigenvalue weighted by Crippen LogP contribution is 2.47. The molecule has 3 aliphatic rings. The third kappa shape index (κ3) is 7.96. The Morgan fingerprint density at radius 1 is 0.891 bits per heavy atom. The molecule has 2 aliphatic heterocycles. The summed E-state index contributed by atoms with van der Waals surface area (Å²) in [6.07, 6.45) is 0.644. The number of phenols is 1. The molecule has 0 radical (unpaired) electrons. The van der Waals surface area contributed by atoms with Gasteiger partial charge in [-0.05, 0) is 80.4 Å². The van der Waals surface area contributed by atoms with Crippen LogP contribution < -0.4 is 14.2 Å². The second-order valence-electron chi connectivity index (χ2n) is 14.7. The van der Waals surface area contributed by atoms with E-state index >= 15 is 0 Å². The average molecular weight is 760 g/mol. The highest BCUT2D eigenvalue weighted by molar-refractivity contribution is 7.22. The number of Topliss-reactive ketones (excluding diaryl/α,β-unsaturated/α-hetero) is 2. The monoisotopic (exact) mass is 759 g/mol. The van der Waals surface area contributed by atoms with E-state index in [1.165, 1.54) is 5.56 Å².